The Morgan fingerprint density at radius 2 is 1.52 bits per heavy atom. The molecule has 0 aliphatic rings. The van der Waals surface area contributed by atoms with Crippen LogP contribution in [0, 0.1) is 6.92 Å². The number of amides is 2. The highest BCUT2D eigenvalue weighted by molar-refractivity contribution is 6.04. The van der Waals surface area contributed by atoms with E-state index in [0.29, 0.717) is 22.9 Å². The highest BCUT2D eigenvalue weighted by Gasteiger charge is 2.09. The fourth-order valence-corrected chi connectivity index (χ4v) is 2.50. The standard InChI is InChI=1S/C20H19N5O2/c1-13-6-3-4-9-17(13)20(27)23-19-11-10-18(24-25-19)22-16-8-5-7-15(12-16)21-14(2)26/h3-12H,1-2H3,(H,21,26)(H,22,24)(H,23,25,27). The average molecular weight is 361 g/mol. The average Bonchev–Trinajstić information content (AvgIpc) is 2.63. The predicted octanol–water partition coefficient (Wildman–Crippen LogP) is 3.74. The SMILES string of the molecule is CC(=O)Nc1cccc(Nc2ccc(NC(=O)c3ccccc3C)nn2)c1. The summed E-state index contributed by atoms with van der Waals surface area (Å²) in [6.45, 7) is 3.33. The van der Waals surface area contributed by atoms with Crippen molar-refractivity contribution in [3.63, 3.8) is 0 Å². The molecule has 0 radical (unpaired) electrons. The van der Waals surface area contributed by atoms with E-state index in [1.807, 2.05) is 37.3 Å². The van der Waals surface area contributed by atoms with Gasteiger partial charge >= 0.3 is 0 Å². The number of aromatic nitrogens is 2. The van der Waals surface area contributed by atoms with Gasteiger partial charge in [-0.2, -0.15) is 0 Å². The lowest BCUT2D eigenvalue weighted by atomic mass is 10.1. The van der Waals surface area contributed by atoms with Crippen LogP contribution in [0.25, 0.3) is 0 Å². The van der Waals surface area contributed by atoms with E-state index in [4.69, 9.17) is 0 Å². The molecule has 1 aromatic heterocycles. The second kappa shape index (κ2) is 8.09. The summed E-state index contributed by atoms with van der Waals surface area (Å²) in [5.74, 6) is 0.511. The number of aryl methyl sites for hydroxylation is 1. The molecular weight excluding hydrogens is 342 g/mol. The van der Waals surface area contributed by atoms with Crippen LogP contribution < -0.4 is 16.0 Å². The van der Waals surface area contributed by atoms with Crippen molar-refractivity contribution in [3.8, 4) is 0 Å². The fourth-order valence-electron chi connectivity index (χ4n) is 2.50. The molecule has 2 amide bonds. The molecule has 0 saturated heterocycles. The molecule has 1 heterocycles. The Bertz CT molecular complexity index is 970. The van der Waals surface area contributed by atoms with E-state index in [1.165, 1.54) is 6.92 Å². The highest BCUT2D eigenvalue weighted by Crippen LogP contribution is 2.19. The minimum absolute atomic E-state index is 0.138. The zero-order valence-electron chi connectivity index (χ0n) is 15.0. The molecule has 7 heteroatoms. The number of nitrogens with one attached hydrogen (secondary N) is 3. The second-order valence-corrected chi connectivity index (χ2v) is 5.96. The number of benzene rings is 2. The lowest BCUT2D eigenvalue weighted by Crippen LogP contribution is -2.14. The van der Waals surface area contributed by atoms with Crippen LogP contribution in [0.1, 0.15) is 22.8 Å². The molecule has 0 spiro atoms. The Morgan fingerprint density at radius 3 is 2.22 bits per heavy atom. The lowest BCUT2D eigenvalue weighted by molar-refractivity contribution is -0.114. The van der Waals surface area contributed by atoms with Gasteiger partial charge in [0.2, 0.25) is 5.91 Å². The van der Waals surface area contributed by atoms with Crippen LogP contribution in [0.3, 0.4) is 0 Å². The first-order chi connectivity index (χ1) is 13.0. The van der Waals surface area contributed by atoms with Gasteiger partial charge in [-0.3, -0.25) is 9.59 Å². The highest BCUT2D eigenvalue weighted by atomic mass is 16.2. The number of nitrogens with zero attached hydrogens (tertiary/aromatic N) is 2. The monoisotopic (exact) mass is 361 g/mol. The fraction of sp³-hybridized carbons (Fsp3) is 0.100. The van der Waals surface area contributed by atoms with Gasteiger partial charge in [-0.15, -0.1) is 10.2 Å². The third kappa shape index (κ3) is 4.88. The molecule has 2 aromatic carbocycles. The van der Waals surface area contributed by atoms with Gasteiger partial charge in [0.25, 0.3) is 5.91 Å². The maximum absolute atomic E-state index is 12.3. The van der Waals surface area contributed by atoms with Crippen LogP contribution in [0.2, 0.25) is 0 Å². The van der Waals surface area contributed by atoms with E-state index in [-0.39, 0.29) is 11.8 Å². The van der Waals surface area contributed by atoms with E-state index in [1.54, 1.807) is 30.3 Å². The number of carbonyl (C=O) groups is 2. The second-order valence-electron chi connectivity index (χ2n) is 5.96. The number of hydrogen-bond acceptors (Lipinski definition) is 5. The van der Waals surface area contributed by atoms with E-state index < -0.39 is 0 Å². The van der Waals surface area contributed by atoms with Crippen LogP contribution in [0.15, 0.2) is 60.7 Å². The molecule has 0 aliphatic carbocycles. The third-order valence-electron chi connectivity index (χ3n) is 3.75. The third-order valence-corrected chi connectivity index (χ3v) is 3.75. The zero-order chi connectivity index (χ0) is 19.2. The first kappa shape index (κ1) is 18.1. The van der Waals surface area contributed by atoms with Gasteiger partial charge in [0.15, 0.2) is 11.6 Å². The molecule has 0 aliphatic heterocycles. The molecule has 0 fully saturated rings. The van der Waals surface area contributed by atoms with E-state index in [2.05, 4.69) is 26.1 Å². The molecule has 7 nitrogen and oxygen atoms in total. The molecule has 3 N–H and O–H groups in total. The number of hydrogen-bond donors (Lipinski definition) is 3. The molecule has 3 rings (SSSR count). The van der Waals surface area contributed by atoms with E-state index in [0.717, 1.165) is 11.3 Å². The molecule has 0 saturated carbocycles. The van der Waals surface area contributed by atoms with Crippen LogP contribution >= 0.6 is 0 Å². The number of carbonyl (C=O) groups excluding carboxylic acids is 2. The summed E-state index contributed by atoms with van der Waals surface area (Å²) < 4.78 is 0. The topological polar surface area (TPSA) is 96.0 Å². The Balaban J connectivity index is 1.66. The molecule has 27 heavy (non-hydrogen) atoms. The van der Waals surface area contributed by atoms with Crippen molar-refractivity contribution in [1.82, 2.24) is 10.2 Å². The van der Waals surface area contributed by atoms with Crippen molar-refractivity contribution in [3.05, 3.63) is 71.8 Å². The summed E-state index contributed by atoms with van der Waals surface area (Å²) in [4.78, 5) is 23.5. The normalized spacial score (nSPS) is 10.1. The summed E-state index contributed by atoms with van der Waals surface area (Å²) >= 11 is 0. The van der Waals surface area contributed by atoms with Crippen LogP contribution in [-0.2, 0) is 4.79 Å². The smallest absolute Gasteiger partial charge is 0.257 e. The van der Waals surface area contributed by atoms with Crippen LogP contribution in [-0.4, -0.2) is 22.0 Å². The molecule has 0 bridgehead atoms. The van der Waals surface area contributed by atoms with Crippen LogP contribution in [0.5, 0.6) is 0 Å². The van der Waals surface area contributed by atoms with Crippen molar-refractivity contribution in [2.75, 3.05) is 16.0 Å². The minimum Gasteiger partial charge on any atom is -0.339 e. The summed E-state index contributed by atoms with van der Waals surface area (Å²) in [6.07, 6.45) is 0. The zero-order valence-corrected chi connectivity index (χ0v) is 15.0. The summed E-state index contributed by atoms with van der Waals surface area (Å²) in [5, 5.41) is 16.7. The number of rotatable bonds is 5. The maximum atomic E-state index is 12.3. The number of anilines is 4. The van der Waals surface area contributed by atoms with E-state index in [9.17, 15) is 9.59 Å². The largest absolute Gasteiger partial charge is 0.339 e. The van der Waals surface area contributed by atoms with Crippen molar-refractivity contribution < 1.29 is 9.59 Å². The van der Waals surface area contributed by atoms with Gasteiger partial charge in [0.1, 0.15) is 0 Å². The van der Waals surface area contributed by atoms with Gasteiger partial charge in [0, 0.05) is 23.9 Å². The van der Waals surface area contributed by atoms with Gasteiger partial charge in [-0.05, 0) is 48.9 Å². The predicted molar refractivity (Wildman–Crippen MR) is 105 cm³/mol. The van der Waals surface area contributed by atoms with E-state index >= 15 is 0 Å². The first-order valence-corrected chi connectivity index (χ1v) is 8.36. The molecular formula is C20H19N5O2. The molecule has 0 unspecified atom stereocenters. The Kier molecular flexibility index (Phi) is 5.41. The summed E-state index contributed by atoms with van der Waals surface area (Å²) in [6, 6.07) is 18.0. The van der Waals surface area contributed by atoms with Crippen molar-refractivity contribution in [1.29, 1.82) is 0 Å². The first-order valence-electron chi connectivity index (χ1n) is 8.36. The van der Waals surface area contributed by atoms with Crippen molar-refractivity contribution in [2.45, 2.75) is 13.8 Å². The maximum Gasteiger partial charge on any atom is 0.257 e. The Hall–Kier alpha value is -3.74. The summed E-state index contributed by atoms with van der Waals surface area (Å²) in [7, 11) is 0. The van der Waals surface area contributed by atoms with Gasteiger partial charge < -0.3 is 16.0 Å². The van der Waals surface area contributed by atoms with Crippen LogP contribution in [0.4, 0.5) is 23.0 Å². The molecule has 136 valence electrons. The van der Waals surface area contributed by atoms with Gasteiger partial charge in [0.05, 0.1) is 0 Å². The quantitative estimate of drug-likeness (QED) is 0.643. The Morgan fingerprint density at radius 1 is 0.815 bits per heavy atom. The molecule has 3 aromatic rings. The summed E-state index contributed by atoms with van der Waals surface area (Å²) in [5.41, 5.74) is 2.92. The van der Waals surface area contributed by atoms with Crippen molar-refractivity contribution >= 4 is 34.8 Å². The Labute approximate surface area is 156 Å². The van der Waals surface area contributed by atoms with Crippen molar-refractivity contribution in [2.24, 2.45) is 0 Å². The minimum atomic E-state index is -0.230. The molecule has 0 atom stereocenters. The van der Waals surface area contributed by atoms with Gasteiger partial charge in [-0.25, -0.2) is 0 Å². The lowest BCUT2D eigenvalue weighted by Gasteiger charge is -2.09. The van der Waals surface area contributed by atoms with Gasteiger partial charge in [-0.1, -0.05) is 24.3 Å².